The summed E-state index contributed by atoms with van der Waals surface area (Å²) in [6.07, 6.45) is 4.07. The Morgan fingerprint density at radius 2 is 1.88 bits per heavy atom. The van der Waals surface area contributed by atoms with Crippen molar-refractivity contribution in [1.29, 1.82) is 0 Å². The van der Waals surface area contributed by atoms with Crippen molar-refractivity contribution in [3.8, 4) is 11.6 Å². The van der Waals surface area contributed by atoms with Gasteiger partial charge in [-0.3, -0.25) is 0 Å². The molecule has 3 aromatic rings. The van der Waals surface area contributed by atoms with Gasteiger partial charge in [0.15, 0.2) is 0 Å². The third kappa shape index (κ3) is 4.25. The van der Waals surface area contributed by atoms with Crippen molar-refractivity contribution in [1.82, 2.24) is 15.0 Å². The van der Waals surface area contributed by atoms with Crippen LogP contribution in [-0.2, 0) is 6.42 Å². The van der Waals surface area contributed by atoms with Crippen LogP contribution in [-0.4, -0.2) is 15.0 Å². The molecule has 0 aliphatic heterocycles. The highest BCUT2D eigenvalue weighted by Crippen LogP contribution is 2.27. The summed E-state index contributed by atoms with van der Waals surface area (Å²) in [5.74, 6) is 1.94. The lowest BCUT2D eigenvalue weighted by Crippen LogP contribution is -2.10. The summed E-state index contributed by atoms with van der Waals surface area (Å²) in [6, 6.07) is 13.4. The Balaban J connectivity index is 1.70. The molecule has 2 heterocycles. The lowest BCUT2D eigenvalue weighted by Gasteiger charge is -2.16. The van der Waals surface area contributed by atoms with E-state index < -0.39 is 0 Å². The number of nitrogens with zero attached hydrogens (tertiary/aromatic N) is 3. The Labute approximate surface area is 152 Å². The maximum Gasteiger partial charge on any atom is 0.219 e. The van der Waals surface area contributed by atoms with E-state index in [0.717, 1.165) is 23.4 Å². The van der Waals surface area contributed by atoms with E-state index in [0.29, 0.717) is 16.7 Å². The first-order valence-electron chi connectivity index (χ1n) is 8.12. The number of hydrogen-bond acceptors (Lipinski definition) is 5. The number of hydrogen-bond donors (Lipinski definition) is 1. The molecule has 0 saturated heterocycles. The third-order valence-corrected chi connectivity index (χ3v) is 4.17. The van der Waals surface area contributed by atoms with Crippen LogP contribution in [0.4, 0.5) is 5.82 Å². The number of rotatable bonds is 6. The summed E-state index contributed by atoms with van der Waals surface area (Å²) in [5, 5.41) is 3.87. The predicted octanol–water partition coefficient (Wildman–Crippen LogP) is 5.05. The van der Waals surface area contributed by atoms with E-state index in [1.54, 1.807) is 6.20 Å². The molecule has 1 atom stereocenters. The molecule has 3 rings (SSSR count). The van der Waals surface area contributed by atoms with Gasteiger partial charge >= 0.3 is 0 Å². The molecule has 0 saturated carbocycles. The topological polar surface area (TPSA) is 59.9 Å². The highest BCUT2D eigenvalue weighted by Gasteiger charge is 2.12. The first-order valence-corrected chi connectivity index (χ1v) is 8.50. The monoisotopic (exact) mass is 354 g/mol. The van der Waals surface area contributed by atoms with Gasteiger partial charge < -0.3 is 10.1 Å². The summed E-state index contributed by atoms with van der Waals surface area (Å²) in [5.41, 5.74) is 1.84. The lowest BCUT2D eigenvalue weighted by atomic mass is 10.1. The molecule has 1 N–H and O–H groups in total. The first-order chi connectivity index (χ1) is 12.2. The molecule has 2 aromatic heterocycles. The van der Waals surface area contributed by atoms with E-state index in [2.05, 4.69) is 20.3 Å². The lowest BCUT2D eigenvalue weighted by molar-refractivity contribution is 0.462. The van der Waals surface area contributed by atoms with Gasteiger partial charge in [-0.2, -0.15) is 0 Å². The van der Waals surface area contributed by atoms with Crippen LogP contribution < -0.4 is 10.1 Å². The number of ether oxygens (including phenoxy) is 1. The molecular formula is C19H19ClN4O. The van der Waals surface area contributed by atoms with Crippen LogP contribution >= 0.6 is 11.6 Å². The molecule has 0 bridgehead atoms. The Kier molecular flexibility index (Phi) is 5.46. The van der Waals surface area contributed by atoms with Crippen LogP contribution in [0.5, 0.6) is 11.6 Å². The molecule has 0 amide bonds. The summed E-state index contributed by atoms with van der Waals surface area (Å²) < 4.78 is 5.71. The van der Waals surface area contributed by atoms with Crippen LogP contribution in [0.1, 0.15) is 31.1 Å². The van der Waals surface area contributed by atoms with Gasteiger partial charge in [-0.05, 0) is 31.0 Å². The number of halogens is 1. The Hall–Kier alpha value is -2.66. The second-order valence-corrected chi connectivity index (χ2v) is 5.93. The SMILES string of the molecule is CCc1ncnc(NC(C)c2ccc(Oc3ccccc3)nc2)c1Cl. The van der Waals surface area contributed by atoms with E-state index in [1.807, 2.05) is 56.3 Å². The maximum absolute atomic E-state index is 6.33. The molecule has 1 unspecified atom stereocenters. The van der Waals surface area contributed by atoms with E-state index in [1.165, 1.54) is 6.33 Å². The fraction of sp³-hybridized carbons (Fsp3) is 0.211. The van der Waals surface area contributed by atoms with Gasteiger partial charge in [0.1, 0.15) is 22.9 Å². The molecule has 6 heteroatoms. The Morgan fingerprint density at radius 1 is 1.08 bits per heavy atom. The van der Waals surface area contributed by atoms with Gasteiger partial charge in [-0.1, -0.05) is 42.8 Å². The summed E-state index contributed by atoms with van der Waals surface area (Å²) in [6.45, 7) is 4.04. The largest absolute Gasteiger partial charge is 0.439 e. The average molecular weight is 355 g/mol. The quantitative estimate of drug-likeness (QED) is 0.671. The fourth-order valence-corrected chi connectivity index (χ4v) is 2.65. The molecule has 5 nitrogen and oxygen atoms in total. The van der Waals surface area contributed by atoms with E-state index >= 15 is 0 Å². The van der Waals surface area contributed by atoms with E-state index in [-0.39, 0.29) is 6.04 Å². The average Bonchev–Trinajstić information content (AvgIpc) is 2.65. The van der Waals surface area contributed by atoms with Gasteiger partial charge in [0.25, 0.3) is 0 Å². The van der Waals surface area contributed by atoms with Crippen molar-refractivity contribution in [3.05, 3.63) is 71.3 Å². The molecule has 25 heavy (non-hydrogen) atoms. The third-order valence-electron chi connectivity index (χ3n) is 3.77. The first kappa shape index (κ1) is 17.2. The van der Waals surface area contributed by atoms with Crippen molar-refractivity contribution >= 4 is 17.4 Å². The zero-order chi connectivity index (χ0) is 17.6. The minimum absolute atomic E-state index is 0.00428. The molecule has 0 aliphatic rings. The summed E-state index contributed by atoms with van der Waals surface area (Å²) in [4.78, 5) is 12.8. The van der Waals surface area contributed by atoms with Crippen molar-refractivity contribution in [2.75, 3.05) is 5.32 Å². The number of anilines is 1. The number of para-hydroxylation sites is 1. The van der Waals surface area contributed by atoms with Crippen molar-refractivity contribution in [2.45, 2.75) is 26.3 Å². The zero-order valence-electron chi connectivity index (χ0n) is 14.1. The van der Waals surface area contributed by atoms with E-state index in [4.69, 9.17) is 16.3 Å². The smallest absolute Gasteiger partial charge is 0.219 e. The molecule has 0 spiro atoms. The highest BCUT2D eigenvalue weighted by atomic mass is 35.5. The molecule has 128 valence electrons. The van der Waals surface area contributed by atoms with Gasteiger partial charge in [-0.25, -0.2) is 15.0 Å². The van der Waals surface area contributed by atoms with Gasteiger partial charge in [0, 0.05) is 12.3 Å². The van der Waals surface area contributed by atoms with Gasteiger partial charge in [0.2, 0.25) is 5.88 Å². The molecule has 0 radical (unpaired) electrons. The van der Waals surface area contributed by atoms with Crippen LogP contribution in [0, 0.1) is 0 Å². The highest BCUT2D eigenvalue weighted by molar-refractivity contribution is 6.33. The fourth-order valence-electron chi connectivity index (χ4n) is 2.36. The van der Waals surface area contributed by atoms with Crippen LogP contribution in [0.2, 0.25) is 5.02 Å². The number of aromatic nitrogens is 3. The van der Waals surface area contributed by atoms with Gasteiger partial charge in [-0.15, -0.1) is 0 Å². The predicted molar refractivity (Wildman–Crippen MR) is 99.2 cm³/mol. The van der Waals surface area contributed by atoms with Crippen LogP contribution in [0.15, 0.2) is 55.0 Å². The Morgan fingerprint density at radius 3 is 2.56 bits per heavy atom. The van der Waals surface area contributed by atoms with Crippen molar-refractivity contribution in [3.63, 3.8) is 0 Å². The zero-order valence-corrected chi connectivity index (χ0v) is 14.9. The standard InChI is InChI=1S/C19H19ClN4O/c1-3-16-18(20)19(23-12-22-16)24-13(2)14-9-10-17(21-11-14)25-15-7-5-4-6-8-15/h4-13H,3H2,1-2H3,(H,22,23,24). The normalized spacial score (nSPS) is 11.8. The molecule has 1 aromatic carbocycles. The summed E-state index contributed by atoms with van der Waals surface area (Å²) in [7, 11) is 0. The number of pyridine rings is 1. The number of aryl methyl sites for hydroxylation is 1. The van der Waals surface area contributed by atoms with Crippen molar-refractivity contribution in [2.24, 2.45) is 0 Å². The molecule has 0 aliphatic carbocycles. The van der Waals surface area contributed by atoms with Crippen LogP contribution in [0.3, 0.4) is 0 Å². The van der Waals surface area contributed by atoms with E-state index in [9.17, 15) is 0 Å². The molecular weight excluding hydrogens is 336 g/mol. The summed E-state index contributed by atoms with van der Waals surface area (Å²) >= 11 is 6.33. The molecule has 0 fully saturated rings. The minimum Gasteiger partial charge on any atom is -0.439 e. The minimum atomic E-state index is -0.00428. The van der Waals surface area contributed by atoms with Crippen LogP contribution in [0.25, 0.3) is 0 Å². The second-order valence-electron chi connectivity index (χ2n) is 5.55. The second kappa shape index (κ2) is 7.94. The van der Waals surface area contributed by atoms with Gasteiger partial charge in [0.05, 0.1) is 11.7 Å². The van der Waals surface area contributed by atoms with Crippen molar-refractivity contribution < 1.29 is 4.74 Å². The Bertz CT molecular complexity index is 825. The maximum atomic E-state index is 6.33. The number of nitrogens with one attached hydrogen (secondary N) is 1. The number of benzene rings is 1.